The zero-order valence-corrected chi connectivity index (χ0v) is 14.2. The van der Waals surface area contributed by atoms with Gasteiger partial charge in [-0.05, 0) is 47.1 Å². The Balaban J connectivity index is 2.24. The van der Waals surface area contributed by atoms with Gasteiger partial charge in [-0.15, -0.1) is 0 Å². The summed E-state index contributed by atoms with van der Waals surface area (Å²) >= 11 is 3.36. The molecule has 21 heavy (non-hydrogen) atoms. The molecule has 0 radical (unpaired) electrons. The second kappa shape index (κ2) is 6.25. The van der Waals surface area contributed by atoms with E-state index in [9.17, 15) is 4.79 Å². The molecule has 114 valence electrons. The van der Waals surface area contributed by atoms with Crippen molar-refractivity contribution in [2.75, 3.05) is 20.1 Å². The molecule has 0 aliphatic rings. The highest BCUT2D eigenvalue weighted by Crippen LogP contribution is 2.15. The molecule has 0 unspecified atom stereocenters. The predicted molar refractivity (Wildman–Crippen MR) is 88.3 cm³/mol. The van der Waals surface area contributed by atoms with E-state index in [-0.39, 0.29) is 11.0 Å². The lowest BCUT2D eigenvalue weighted by Gasteiger charge is -2.28. The van der Waals surface area contributed by atoms with Crippen molar-refractivity contribution in [3.8, 4) is 0 Å². The summed E-state index contributed by atoms with van der Waals surface area (Å²) in [6.45, 7) is 6.36. The van der Waals surface area contributed by atoms with E-state index in [1.54, 1.807) is 12.3 Å². The molecule has 0 saturated heterocycles. The highest BCUT2D eigenvalue weighted by Gasteiger charge is 2.18. The number of pyridine rings is 1. The molecular formula is C15H21BrN4O. The van der Waals surface area contributed by atoms with Gasteiger partial charge < -0.3 is 5.73 Å². The Kier molecular flexibility index (Phi) is 4.81. The van der Waals surface area contributed by atoms with Crippen LogP contribution in [0.25, 0.3) is 5.65 Å². The lowest BCUT2D eigenvalue weighted by molar-refractivity contribution is 0.208. The van der Waals surface area contributed by atoms with Crippen molar-refractivity contribution in [3.63, 3.8) is 0 Å². The van der Waals surface area contributed by atoms with Crippen molar-refractivity contribution in [1.82, 2.24) is 14.3 Å². The molecule has 0 aliphatic heterocycles. The van der Waals surface area contributed by atoms with Crippen molar-refractivity contribution in [2.24, 2.45) is 11.1 Å². The smallest absolute Gasteiger partial charge is 0.258 e. The molecule has 5 nitrogen and oxygen atoms in total. The zero-order valence-electron chi connectivity index (χ0n) is 12.6. The van der Waals surface area contributed by atoms with E-state index in [2.05, 4.69) is 39.7 Å². The first kappa shape index (κ1) is 16.1. The van der Waals surface area contributed by atoms with Crippen molar-refractivity contribution in [2.45, 2.75) is 20.4 Å². The number of aromatic nitrogens is 2. The fourth-order valence-corrected chi connectivity index (χ4v) is 2.67. The van der Waals surface area contributed by atoms with E-state index < -0.39 is 0 Å². The van der Waals surface area contributed by atoms with Crippen molar-refractivity contribution in [3.05, 3.63) is 44.9 Å². The summed E-state index contributed by atoms with van der Waals surface area (Å²) in [6, 6.07) is 5.30. The monoisotopic (exact) mass is 352 g/mol. The van der Waals surface area contributed by atoms with Gasteiger partial charge in [0.2, 0.25) is 0 Å². The summed E-state index contributed by atoms with van der Waals surface area (Å²) in [5, 5.41) is 0. The SMILES string of the molecule is CN(Cc1cc(=O)n2cc(Br)ccc2n1)CC(C)(C)CN. The molecule has 2 rings (SSSR count). The Morgan fingerprint density at radius 2 is 2.14 bits per heavy atom. The maximum absolute atomic E-state index is 12.1. The molecule has 0 amide bonds. The second-order valence-corrected chi connectivity index (χ2v) is 7.12. The first-order chi connectivity index (χ1) is 9.80. The fraction of sp³-hybridized carbons (Fsp3) is 0.467. The number of nitrogens with zero attached hydrogens (tertiary/aromatic N) is 3. The Bertz CT molecular complexity index is 696. The predicted octanol–water partition coefficient (Wildman–Crippen LogP) is 1.87. The normalized spacial score (nSPS) is 12.3. The minimum Gasteiger partial charge on any atom is -0.330 e. The van der Waals surface area contributed by atoms with E-state index in [1.807, 2.05) is 19.2 Å². The van der Waals surface area contributed by atoms with Crippen molar-refractivity contribution >= 4 is 21.6 Å². The molecular weight excluding hydrogens is 332 g/mol. The largest absolute Gasteiger partial charge is 0.330 e. The molecule has 0 aliphatic carbocycles. The van der Waals surface area contributed by atoms with E-state index in [0.717, 1.165) is 16.7 Å². The van der Waals surface area contributed by atoms with Gasteiger partial charge in [-0.2, -0.15) is 0 Å². The van der Waals surface area contributed by atoms with Gasteiger partial charge in [0.05, 0.1) is 5.69 Å². The topological polar surface area (TPSA) is 63.6 Å². The summed E-state index contributed by atoms with van der Waals surface area (Å²) in [6.07, 6.45) is 1.73. The molecule has 0 bridgehead atoms. The van der Waals surface area contributed by atoms with Gasteiger partial charge in [-0.1, -0.05) is 13.8 Å². The van der Waals surface area contributed by atoms with E-state index >= 15 is 0 Å². The molecule has 0 aromatic carbocycles. The summed E-state index contributed by atoms with van der Waals surface area (Å²) in [4.78, 5) is 18.8. The highest BCUT2D eigenvalue weighted by atomic mass is 79.9. The van der Waals surface area contributed by atoms with Crippen LogP contribution in [0.1, 0.15) is 19.5 Å². The van der Waals surface area contributed by atoms with E-state index in [0.29, 0.717) is 18.7 Å². The van der Waals surface area contributed by atoms with Crippen LogP contribution in [-0.4, -0.2) is 34.4 Å². The Hall–Kier alpha value is -1.24. The quantitative estimate of drug-likeness (QED) is 0.892. The van der Waals surface area contributed by atoms with Crippen LogP contribution in [0.4, 0.5) is 0 Å². The van der Waals surface area contributed by atoms with Crippen LogP contribution in [0.3, 0.4) is 0 Å². The molecule has 2 aromatic rings. The zero-order chi connectivity index (χ0) is 15.6. The molecule has 0 fully saturated rings. The molecule has 0 atom stereocenters. The summed E-state index contributed by atoms with van der Waals surface area (Å²) in [7, 11) is 2.02. The van der Waals surface area contributed by atoms with Gasteiger partial charge in [-0.25, -0.2) is 4.98 Å². The number of hydrogen-bond donors (Lipinski definition) is 1. The molecule has 2 aromatic heterocycles. The van der Waals surface area contributed by atoms with Gasteiger partial charge in [0, 0.05) is 29.8 Å². The summed E-state index contributed by atoms with van der Waals surface area (Å²) < 4.78 is 2.39. The maximum atomic E-state index is 12.1. The summed E-state index contributed by atoms with van der Waals surface area (Å²) in [5.74, 6) is 0. The summed E-state index contributed by atoms with van der Waals surface area (Å²) in [5.41, 5.74) is 7.18. The van der Waals surface area contributed by atoms with E-state index in [1.165, 1.54) is 4.40 Å². The second-order valence-electron chi connectivity index (χ2n) is 6.20. The van der Waals surface area contributed by atoms with Crippen LogP contribution in [0, 0.1) is 5.41 Å². The van der Waals surface area contributed by atoms with Gasteiger partial charge in [0.25, 0.3) is 5.56 Å². The first-order valence-corrected chi connectivity index (χ1v) is 7.66. The first-order valence-electron chi connectivity index (χ1n) is 6.87. The number of fused-ring (bicyclic) bond motifs is 1. The molecule has 6 heteroatoms. The van der Waals surface area contributed by atoms with Crippen LogP contribution in [0.2, 0.25) is 0 Å². The number of hydrogen-bond acceptors (Lipinski definition) is 4. The number of nitrogens with two attached hydrogens (primary N) is 1. The third-order valence-corrected chi connectivity index (χ3v) is 3.83. The highest BCUT2D eigenvalue weighted by molar-refractivity contribution is 9.10. The van der Waals surface area contributed by atoms with Crippen LogP contribution in [-0.2, 0) is 6.54 Å². The third-order valence-electron chi connectivity index (χ3n) is 3.36. The average Bonchev–Trinajstić information content (AvgIpc) is 2.39. The standard InChI is InChI=1S/C15H21BrN4O/c1-15(2,9-17)10-19(3)8-12-6-14(21)20-7-11(16)4-5-13(20)18-12/h4-7H,8-10,17H2,1-3H3. The van der Waals surface area contributed by atoms with Gasteiger partial charge in [0.15, 0.2) is 0 Å². The minimum atomic E-state index is -0.0669. The molecule has 0 saturated carbocycles. The van der Waals surface area contributed by atoms with Gasteiger partial charge in [0.1, 0.15) is 5.65 Å². The maximum Gasteiger partial charge on any atom is 0.258 e. The molecule has 0 spiro atoms. The van der Waals surface area contributed by atoms with Crippen LogP contribution in [0.15, 0.2) is 33.7 Å². The van der Waals surface area contributed by atoms with Crippen LogP contribution in [0.5, 0.6) is 0 Å². The fourth-order valence-electron chi connectivity index (χ4n) is 2.33. The van der Waals surface area contributed by atoms with E-state index in [4.69, 9.17) is 5.73 Å². The van der Waals surface area contributed by atoms with Crippen LogP contribution >= 0.6 is 15.9 Å². The minimum absolute atomic E-state index is 0.0471. The Morgan fingerprint density at radius 3 is 2.81 bits per heavy atom. The molecule has 2 N–H and O–H groups in total. The van der Waals surface area contributed by atoms with Gasteiger partial charge in [-0.3, -0.25) is 14.1 Å². The lowest BCUT2D eigenvalue weighted by atomic mass is 9.93. The lowest BCUT2D eigenvalue weighted by Crippen LogP contribution is -2.36. The van der Waals surface area contributed by atoms with Crippen molar-refractivity contribution < 1.29 is 0 Å². The van der Waals surface area contributed by atoms with Gasteiger partial charge >= 0.3 is 0 Å². The Morgan fingerprint density at radius 1 is 1.43 bits per heavy atom. The Labute approximate surface area is 132 Å². The number of halogens is 1. The number of rotatable bonds is 5. The van der Waals surface area contributed by atoms with Crippen LogP contribution < -0.4 is 11.3 Å². The molecule has 2 heterocycles. The van der Waals surface area contributed by atoms with Crippen molar-refractivity contribution in [1.29, 1.82) is 0 Å². The average molecular weight is 353 g/mol. The third kappa shape index (κ3) is 4.12.